The minimum absolute atomic E-state index is 0.0902. The van der Waals surface area contributed by atoms with Gasteiger partial charge in [-0.15, -0.1) is 0 Å². The lowest BCUT2D eigenvalue weighted by Gasteiger charge is -2.66. The lowest BCUT2D eigenvalue weighted by Crippen LogP contribution is -2.67. The number of ether oxygens (including phenoxy) is 12. The van der Waals surface area contributed by atoms with Crippen LogP contribution in [0.4, 0.5) is 0 Å². The van der Waals surface area contributed by atoms with E-state index in [1.807, 2.05) is 0 Å². The molecule has 0 bridgehead atoms. The summed E-state index contributed by atoms with van der Waals surface area (Å²) in [5.41, 5.74) is 0.431. The molecule has 4 aliphatic carbocycles. The van der Waals surface area contributed by atoms with Crippen LogP contribution in [0.3, 0.4) is 0 Å². The number of fused-ring (bicyclic) bond motifs is 7. The van der Waals surface area contributed by atoms with Crippen LogP contribution in [0.5, 0.6) is 0 Å². The van der Waals surface area contributed by atoms with Crippen LogP contribution in [0.1, 0.15) is 106 Å². The van der Waals surface area contributed by atoms with Gasteiger partial charge in [-0.2, -0.15) is 0 Å². The van der Waals surface area contributed by atoms with E-state index in [-0.39, 0.29) is 28.5 Å². The number of aliphatic hydroxyl groups is 15. The third-order valence-corrected chi connectivity index (χ3v) is 22.5. The van der Waals surface area contributed by atoms with Gasteiger partial charge in [-0.3, -0.25) is 0 Å². The first-order chi connectivity index (χ1) is 39.2. The second-order valence-corrected chi connectivity index (χ2v) is 27.2. The molecule has 7 aliphatic heterocycles. The van der Waals surface area contributed by atoms with Gasteiger partial charge in [0.05, 0.1) is 38.1 Å². The summed E-state index contributed by atoms with van der Waals surface area (Å²) in [7, 11) is 0. The zero-order valence-electron chi connectivity index (χ0n) is 47.9. The zero-order chi connectivity index (χ0) is 59.7. The molecule has 27 heteroatoms. The minimum atomic E-state index is -2.22. The van der Waals surface area contributed by atoms with Gasteiger partial charge in [0.2, 0.25) is 0 Å². The maximum atomic E-state index is 11.6. The normalized spacial score (nSPS) is 59.2. The van der Waals surface area contributed by atoms with Gasteiger partial charge in [0, 0.05) is 12.3 Å². The highest BCUT2D eigenvalue weighted by molar-refractivity contribution is 5.19. The average Bonchev–Trinajstić information content (AvgIpc) is 2.42. The fourth-order valence-electron chi connectivity index (χ4n) is 17.8. The molecule has 11 rings (SSSR count). The summed E-state index contributed by atoms with van der Waals surface area (Å²) in [5, 5.41) is 162. The highest BCUT2D eigenvalue weighted by Gasteiger charge is 2.72. The molecular weight excluding hydrogens is 1100 g/mol. The van der Waals surface area contributed by atoms with Crippen molar-refractivity contribution in [3.8, 4) is 0 Å². The fraction of sp³-hybridized carbons (Fsp3) is 1.00. The van der Waals surface area contributed by atoms with Crippen molar-refractivity contribution in [2.24, 2.45) is 51.8 Å². The second-order valence-electron chi connectivity index (χ2n) is 27.2. The lowest BCUT2D eigenvalue weighted by atomic mass is 9.39. The summed E-state index contributed by atoms with van der Waals surface area (Å²) in [5.74, 6) is 2.39. The molecule has 27 nitrogen and oxygen atoms in total. The van der Waals surface area contributed by atoms with Crippen LogP contribution in [0.15, 0.2) is 0 Å². The van der Waals surface area contributed by atoms with E-state index >= 15 is 0 Å². The van der Waals surface area contributed by atoms with Crippen LogP contribution < -0.4 is 0 Å². The van der Waals surface area contributed by atoms with E-state index in [4.69, 9.17) is 56.8 Å². The van der Waals surface area contributed by atoms with Crippen molar-refractivity contribution in [1.82, 2.24) is 0 Å². The molecule has 37 atom stereocenters. The Kier molecular flexibility index (Phi) is 18.3. The second kappa shape index (κ2) is 23.9. The quantitative estimate of drug-likeness (QED) is 0.0835. The predicted octanol–water partition coefficient (Wildman–Crippen LogP) is -3.75. The van der Waals surface area contributed by atoms with Crippen molar-refractivity contribution in [2.45, 2.75) is 278 Å². The van der Waals surface area contributed by atoms with Gasteiger partial charge in [-0.05, 0) is 111 Å². The Labute approximate surface area is 481 Å². The Morgan fingerprint density at radius 1 is 0.434 bits per heavy atom. The first-order valence-electron chi connectivity index (χ1n) is 30.1. The fourth-order valence-corrected chi connectivity index (χ4v) is 17.8. The maximum absolute atomic E-state index is 11.6. The Morgan fingerprint density at radius 2 is 0.940 bits per heavy atom. The summed E-state index contributed by atoms with van der Waals surface area (Å²) < 4.78 is 70.9. The van der Waals surface area contributed by atoms with E-state index in [1.165, 1.54) is 6.42 Å². The largest absolute Gasteiger partial charge is 0.394 e. The maximum Gasteiger partial charge on any atom is 0.189 e. The van der Waals surface area contributed by atoms with Crippen molar-refractivity contribution in [3.63, 3.8) is 0 Å². The molecule has 83 heavy (non-hydrogen) atoms. The van der Waals surface area contributed by atoms with E-state index < -0.39 is 173 Å². The average molecular weight is 1200 g/mol. The summed E-state index contributed by atoms with van der Waals surface area (Å²) in [4.78, 5) is 0. The Balaban J connectivity index is 0.675. The molecule has 15 N–H and O–H groups in total. The first-order valence-corrected chi connectivity index (χ1v) is 30.1. The van der Waals surface area contributed by atoms with Crippen molar-refractivity contribution in [1.29, 1.82) is 0 Å². The molecule has 0 radical (unpaired) electrons. The summed E-state index contributed by atoms with van der Waals surface area (Å²) in [6.45, 7) is 12.7. The Hall–Kier alpha value is -1.08. The number of hydrogen-bond donors (Lipinski definition) is 15. The van der Waals surface area contributed by atoms with Gasteiger partial charge < -0.3 is 133 Å². The number of aliphatic hydroxyl groups excluding tert-OH is 15. The van der Waals surface area contributed by atoms with Crippen molar-refractivity contribution >= 4 is 0 Å². The topological polar surface area (TPSA) is 414 Å². The molecule has 0 amide bonds. The molecule has 1 spiro atoms. The third-order valence-electron chi connectivity index (χ3n) is 22.5. The molecule has 11 aliphatic rings. The summed E-state index contributed by atoms with van der Waals surface area (Å²) in [6, 6.07) is 0. The van der Waals surface area contributed by atoms with Gasteiger partial charge >= 0.3 is 0 Å². The van der Waals surface area contributed by atoms with E-state index in [2.05, 4.69) is 34.6 Å². The molecule has 7 heterocycles. The molecule has 11 fully saturated rings. The molecule has 7 saturated heterocycles. The molecule has 0 aromatic heterocycles. The van der Waals surface area contributed by atoms with Crippen LogP contribution in [0.25, 0.3) is 0 Å². The number of rotatable bonds is 12. The van der Waals surface area contributed by atoms with Crippen molar-refractivity contribution < 1.29 is 133 Å². The Bertz CT molecular complexity index is 2200. The molecular formula is C56H92O27. The van der Waals surface area contributed by atoms with Gasteiger partial charge in [0.15, 0.2) is 49.8 Å². The van der Waals surface area contributed by atoms with E-state index in [0.29, 0.717) is 35.5 Å². The number of hydrogen-bond acceptors (Lipinski definition) is 27. The van der Waals surface area contributed by atoms with Gasteiger partial charge in [0.25, 0.3) is 0 Å². The Morgan fingerprint density at radius 3 is 1.53 bits per heavy atom. The van der Waals surface area contributed by atoms with Crippen LogP contribution in [-0.4, -0.2) is 268 Å². The molecule has 37 unspecified atom stereocenters. The molecule has 0 aromatic rings. The van der Waals surface area contributed by atoms with Crippen LogP contribution in [0.2, 0.25) is 0 Å². The molecule has 4 saturated carbocycles. The minimum Gasteiger partial charge on any atom is -0.394 e. The first kappa shape index (κ1) is 63.5. The SMILES string of the molecule is CC1CCC2(OC1)OC1CC3C(C)(CCC4C5(C)CCC(OC6OC(C)C(OC7OC(CO)C(OC8OC(O)C(O)C(OC9OC(CO)C(OC%10OC(O)C(O)C(O)C%10O)C(O)C9O)C8O)C(O)C7O)C(O)C6O)CC5CCC43C)C1C2C. The smallest absolute Gasteiger partial charge is 0.189 e. The lowest BCUT2D eigenvalue weighted by molar-refractivity contribution is -0.408. The summed E-state index contributed by atoms with van der Waals surface area (Å²) >= 11 is 0. The standard InChI is InChI=1S/C56H92O27/c1-20-7-14-56(72-19-20)21(2)30-25(83-56)16-29-54(5)11-8-23-15-24(9-12-53(23,4)28(54)10-13-55(29,30)6)74-48-37(65)32(60)42(22(3)73-48)77-49-38(66)33(61)44(27(18-58)75-49)79-52-41(69)45(40(68)47(71)82-52)80-50-39(67)34(62)43(26(17-57)76-50)78-51-36(64)31(59)35(63)46(70)81-51/h20-52,57-71H,7-19H2,1-6H3. The van der Waals surface area contributed by atoms with Crippen molar-refractivity contribution in [3.05, 3.63) is 0 Å². The van der Waals surface area contributed by atoms with Crippen LogP contribution in [-0.2, 0) is 56.8 Å². The molecule has 0 aromatic carbocycles. The van der Waals surface area contributed by atoms with E-state index in [0.717, 1.165) is 64.4 Å². The van der Waals surface area contributed by atoms with E-state index in [1.54, 1.807) is 6.92 Å². The monoisotopic (exact) mass is 1200 g/mol. The van der Waals surface area contributed by atoms with Gasteiger partial charge in [0.1, 0.15) is 104 Å². The van der Waals surface area contributed by atoms with Crippen LogP contribution in [0, 0.1) is 51.8 Å². The zero-order valence-corrected chi connectivity index (χ0v) is 47.9. The predicted molar refractivity (Wildman–Crippen MR) is 274 cm³/mol. The van der Waals surface area contributed by atoms with Gasteiger partial charge in [-0.1, -0.05) is 34.6 Å². The molecule has 478 valence electrons. The highest BCUT2D eigenvalue weighted by Crippen LogP contribution is 2.75. The van der Waals surface area contributed by atoms with Crippen LogP contribution >= 0.6 is 0 Å². The highest BCUT2D eigenvalue weighted by atomic mass is 16.8. The van der Waals surface area contributed by atoms with E-state index in [9.17, 15) is 76.6 Å². The van der Waals surface area contributed by atoms with Gasteiger partial charge in [-0.25, -0.2) is 0 Å². The van der Waals surface area contributed by atoms with Crippen molar-refractivity contribution in [2.75, 3.05) is 19.8 Å². The third kappa shape index (κ3) is 10.8. The summed E-state index contributed by atoms with van der Waals surface area (Å²) in [6.07, 6.45) is -36.0.